The molecular formula is C16H24N2O. The molecule has 2 aliphatic rings. The molecule has 2 atom stereocenters. The van der Waals surface area contributed by atoms with Crippen LogP contribution in [-0.2, 0) is 6.54 Å². The zero-order valence-electron chi connectivity index (χ0n) is 11.7. The molecule has 3 rings (SSSR count). The highest BCUT2D eigenvalue weighted by Gasteiger charge is 2.31. The standard InChI is InChI=1S/C16H24N2O/c1-12-4-5-16(19)13(9-12)11-17-14-6-8-18-7-2-3-15(18)10-14/h4-5,9,14-15,17,19H,2-3,6-8,10-11H2,1H3. The first kappa shape index (κ1) is 12.9. The van der Waals surface area contributed by atoms with Crippen LogP contribution in [0.25, 0.3) is 0 Å². The van der Waals surface area contributed by atoms with E-state index in [-0.39, 0.29) is 0 Å². The zero-order chi connectivity index (χ0) is 13.2. The Bertz CT molecular complexity index is 446. The van der Waals surface area contributed by atoms with Crippen LogP contribution < -0.4 is 5.32 Å². The van der Waals surface area contributed by atoms with Gasteiger partial charge in [0.25, 0.3) is 0 Å². The minimum Gasteiger partial charge on any atom is -0.508 e. The van der Waals surface area contributed by atoms with Gasteiger partial charge in [-0.2, -0.15) is 0 Å². The van der Waals surface area contributed by atoms with Crippen molar-refractivity contribution in [2.75, 3.05) is 13.1 Å². The van der Waals surface area contributed by atoms with Gasteiger partial charge in [-0.1, -0.05) is 17.7 Å². The molecule has 1 aromatic carbocycles. The summed E-state index contributed by atoms with van der Waals surface area (Å²) in [5, 5.41) is 13.5. The summed E-state index contributed by atoms with van der Waals surface area (Å²) in [7, 11) is 0. The topological polar surface area (TPSA) is 35.5 Å². The normalized spacial score (nSPS) is 27.4. The Kier molecular flexibility index (Phi) is 3.76. The number of hydrogen-bond donors (Lipinski definition) is 2. The number of piperidine rings is 1. The van der Waals surface area contributed by atoms with Crippen LogP contribution in [0.4, 0.5) is 0 Å². The predicted molar refractivity (Wildman–Crippen MR) is 77.3 cm³/mol. The third-order valence-electron chi connectivity index (χ3n) is 4.64. The lowest BCUT2D eigenvalue weighted by Crippen LogP contribution is -2.45. The van der Waals surface area contributed by atoms with E-state index in [9.17, 15) is 5.11 Å². The maximum atomic E-state index is 9.87. The molecule has 1 aromatic rings. The summed E-state index contributed by atoms with van der Waals surface area (Å²) >= 11 is 0. The van der Waals surface area contributed by atoms with Gasteiger partial charge < -0.3 is 15.3 Å². The van der Waals surface area contributed by atoms with Crippen LogP contribution in [0.15, 0.2) is 18.2 Å². The Hall–Kier alpha value is -1.06. The third kappa shape index (κ3) is 2.93. The average Bonchev–Trinajstić information content (AvgIpc) is 2.87. The van der Waals surface area contributed by atoms with Gasteiger partial charge in [-0.3, -0.25) is 0 Å². The van der Waals surface area contributed by atoms with Crippen LogP contribution in [0, 0.1) is 6.92 Å². The van der Waals surface area contributed by atoms with Crippen LogP contribution in [0.2, 0.25) is 0 Å². The lowest BCUT2D eigenvalue weighted by atomic mass is 9.97. The number of aromatic hydroxyl groups is 1. The molecule has 0 amide bonds. The van der Waals surface area contributed by atoms with Gasteiger partial charge in [0.15, 0.2) is 0 Å². The molecule has 2 saturated heterocycles. The van der Waals surface area contributed by atoms with E-state index in [0.717, 1.165) is 18.2 Å². The Morgan fingerprint density at radius 2 is 2.21 bits per heavy atom. The lowest BCUT2D eigenvalue weighted by Gasteiger charge is -2.35. The summed E-state index contributed by atoms with van der Waals surface area (Å²) in [6.07, 6.45) is 5.25. The fourth-order valence-electron chi connectivity index (χ4n) is 3.52. The van der Waals surface area contributed by atoms with Gasteiger partial charge in [-0.15, -0.1) is 0 Å². The summed E-state index contributed by atoms with van der Waals surface area (Å²) in [5.74, 6) is 0.413. The summed E-state index contributed by atoms with van der Waals surface area (Å²) in [4.78, 5) is 2.64. The van der Waals surface area contributed by atoms with Crippen molar-refractivity contribution in [1.29, 1.82) is 0 Å². The number of hydrogen-bond acceptors (Lipinski definition) is 3. The maximum absolute atomic E-state index is 9.87. The van der Waals surface area contributed by atoms with Gasteiger partial charge in [-0.05, 0) is 51.8 Å². The van der Waals surface area contributed by atoms with E-state index >= 15 is 0 Å². The molecule has 19 heavy (non-hydrogen) atoms. The van der Waals surface area contributed by atoms with E-state index < -0.39 is 0 Å². The van der Waals surface area contributed by atoms with Crippen LogP contribution in [0.5, 0.6) is 5.75 Å². The van der Waals surface area contributed by atoms with E-state index in [1.54, 1.807) is 6.07 Å². The molecule has 2 N–H and O–H groups in total. The number of fused-ring (bicyclic) bond motifs is 1. The van der Waals surface area contributed by atoms with Gasteiger partial charge in [-0.25, -0.2) is 0 Å². The second-order valence-corrected chi connectivity index (χ2v) is 6.07. The molecule has 104 valence electrons. The number of rotatable bonds is 3. The first-order valence-corrected chi connectivity index (χ1v) is 7.48. The molecule has 0 saturated carbocycles. The van der Waals surface area contributed by atoms with Crippen LogP contribution in [0.3, 0.4) is 0 Å². The van der Waals surface area contributed by atoms with Crippen molar-refractivity contribution >= 4 is 0 Å². The fraction of sp³-hybridized carbons (Fsp3) is 0.625. The van der Waals surface area contributed by atoms with E-state index in [1.165, 1.54) is 44.3 Å². The van der Waals surface area contributed by atoms with Crippen molar-refractivity contribution in [2.24, 2.45) is 0 Å². The highest BCUT2D eigenvalue weighted by atomic mass is 16.3. The van der Waals surface area contributed by atoms with Crippen LogP contribution in [-0.4, -0.2) is 35.2 Å². The minimum atomic E-state index is 0.413. The highest BCUT2D eigenvalue weighted by Crippen LogP contribution is 2.27. The summed E-state index contributed by atoms with van der Waals surface area (Å²) in [5.41, 5.74) is 2.23. The second-order valence-electron chi connectivity index (χ2n) is 6.07. The van der Waals surface area contributed by atoms with Crippen molar-refractivity contribution in [1.82, 2.24) is 10.2 Å². The molecular weight excluding hydrogens is 236 g/mol. The molecule has 3 heteroatoms. The van der Waals surface area contributed by atoms with E-state index in [0.29, 0.717) is 11.8 Å². The quantitative estimate of drug-likeness (QED) is 0.876. The van der Waals surface area contributed by atoms with E-state index in [4.69, 9.17) is 0 Å². The molecule has 2 fully saturated rings. The molecule has 0 radical (unpaired) electrons. The van der Waals surface area contributed by atoms with Gasteiger partial charge in [0.05, 0.1) is 0 Å². The first-order valence-electron chi connectivity index (χ1n) is 7.48. The monoisotopic (exact) mass is 260 g/mol. The fourth-order valence-corrected chi connectivity index (χ4v) is 3.52. The van der Waals surface area contributed by atoms with Crippen LogP contribution >= 0.6 is 0 Å². The Labute approximate surface area is 115 Å². The third-order valence-corrected chi connectivity index (χ3v) is 4.64. The molecule has 0 spiro atoms. The Morgan fingerprint density at radius 3 is 3.11 bits per heavy atom. The molecule has 3 nitrogen and oxygen atoms in total. The number of phenols is 1. The van der Waals surface area contributed by atoms with Crippen LogP contribution in [0.1, 0.15) is 36.8 Å². The minimum absolute atomic E-state index is 0.413. The second kappa shape index (κ2) is 5.51. The Balaban J connectivity index is 1.56. The van der Waals surface area contributed by atoms with Gasteiger partial charge in [0.1, 0.15) is 5.75 Å². The number of nitrogens with zero attached hydrogens (tertiary/aromatic N) is 1. The van der Waals surface area contributed by atoms with Crippen molar-refractivity contribution in [3.63, 3.8) is 0 Å². The first-order chi connectivity index (χ1) is 9.22. The van der Waals surface area contributed by atoms with Gasteiger partial charge in [0, 0.05) is 24.2 Å². The number of aryl methyl sites for hydroxylation is 1. The molecule has 2 aliphatic heterocycles. The van der Waals surface area contributed by atoms with Gasteiger partial charge in [0.2, 0.25) is 0 Å². The zero-order valence-corrected chi connectivity index (χ0v) is 11.7. The van der Waals surface area contributed by atoms with Crippen molar-refractivity contribution in [2.45, 2.75) is 51.2 Å². The summed E-state index contributed by atoms with van der Waals surface area (Å²) < 4.78 is 0. The largest absolute Gasteiger partial charge is 0.508 e. The highest BCUT2D eigenvalue weighted by molar-refractivity contribution is 5.35. The molecule has 2 heterocycles. The number of phenolic OH excluding ortho intramolecular Hbond substituents is 1. The van der Waals surface area contributed by atoms with Crippen molar-refractivity contribution < 1.29 is 5.11 Å². The maximum Gasteiger partial charge on any atom is 0.120 e. The van der Waals surface area contributed by atoms with Crippen molar-refractivity contribution in [3.05, 3.63) is 29.3 Å². The molecule has 0 aromatic heterocycles. The average molecular weight is 260 g/mol. The molecule has 0 bridgehead atoms. The van der Waals surface area contributed by atoms with E-state index in [2.05, 4.69) is 23.2 Å². The predicted octanol–water partition coefficient (Wildman–Crippen LogP) is 2.42. The van der Waals surface area contributed by atoms with E-state index in [1.807, 2.05) is 6.07 Å². The smallest absolute Gasteiger partial charge is 0.120 e. The van der Waals surface area contributed by atoms with Crippen molar-refractivity contribution in [3.8, 4) is 5.75 Å². The molecule has 0 aliphatic carbocycles. The van der Waals surface area contributed by atoms with Gasteiger partial charge >= 0.3 is 0 Å². The molecule has 2 unspecified atom stereocenters. The SMILES string of the molecule is Cc1ccc(O)c(CNC2CCN3CCCC3C2)c1. The summed E-state index contributed by atoms with van der Waals surface area (Å²) in [6.45, 7) is 5.39. The lowest BCUT2D eigenvalue weighted by molar-refractivity contribution is 0.166. The number of benzene rings is 1. The number of nitrogens with one attached hydrogen (secondary N) is 1. The Morgan fingerprint density at radius 1 is 1.32 bits per heavy atom. The summed E-state index contributed by atoms with van der Waals surface area (Å²) in [6, 6.07) is 7.24.